The Morgan fingerprint density at radius 3 is 2.81 bits per heavy atom. The quantitative estimate of drug-likeness (QED) is 0.778. The largest absolute Gasteiger partial charge is 0.497 e. The van der Waals surface area contributed by atoms with E-state index in [2.05, 4.69) is 20.9 Å². The monoisotopic (exact) mass is 343 g/mol. The highest BCUT2D eigenvalue weighted by molar-refractivity contribution is 9.10. The Labute approximate surface area is 131 Å². The molecule has 3 aromatic rings. The summed E-state index contributed by atoms with van der Waals surface area (Å²) in [5.74, 6) is 0.723. The molecule has 2 aromatic carbocycles. The molecule has 1 aromatic heterocycles. The summed E-state index contributed by atoms with van der Waals surface area (Å²) < 4.78 is 6.18. The van der Waals surface area contributed by atoms with E-state index >= 15 is 0 Å². The molecular formula is C17H14BrNO2. The summed E-state index contributed by atoms with van der Waals surface area (Å²) >= 11 is 3.52. The van der Waals surface area contributed by atoms with E-state index in [4.69, 9.17) is 4.74 Å². The zero-order valence-corrected chi connectivity index (χ0v) is 13.0. The molecule has 0 spiro atoms. The first-order valence-electron chi connectivity index (χ1n) is 6.56. The molecule has 0 saturated carbocycles. The maximum absolute atomic E-state index is 10.7. The summed E-state index contributed by atoms with van der Waals surface area (Å²) in [7, 11) is 1.61. The van der Waals surface area contributed by atoms with Gasteiger partial charge in [-0.2, -0.15) is 0 Å². The van der Waals surface area contributed by atoms with E-state index < -0.39 is 6.10 Å². The van der Waals surface area contributed by atoms with Crippen molar-refractivity contribution in [3.63, 3.8) is 0 Å². The number of hydrogen-bond acceptors (Lipinski definition) is 3. The number of aromatic nitrogens is 1. The van der Waals surface area contributed by atoms with E-state index in [9.17, 15) is 5.11 Å². The van der Waals surface area contributed by atoms with Crippen molar-refractivity contribution in [3.8, 4) is 5.75 Å². The number of fused-ring (bicyclic) bond motifs is 1. The van der Waals surface area contributed by atoms with Crippen LogP contribution in [0.25, 0.3) is 10.9 Å². The standard InChI is InChI=1S/C17H14BrNO2/c1-21-12-5-2-4-11(10-12)17(20)14-7-8-15(18)13-6-3-9-19-16(13)14/h2-10,17,20H,1H3. The number of rotatable bonds is 3. The second-order valence-electron chi connectivity index (χ2n) is 4.72. The van der Waals surface area contributed by atoms with Gasteiger partial charge in [0, 0.05) is 21.6 Å². The van der Waals surface area contributed by atoms with Crippen molar-refractivity contribution in [2.75, 3.05) is 7.11 Å². The number of aliphatic hydroxyl groups is 1. The third kappa shape index (κ3) is 2.64. The van der Waals surface area contributed by atoms with Crippen LogP contribution in [-0.4, -0.2) is 17.2 Å². The molecule has 1 heterocycles. The lowest BCUT2D eigenvalue weighted by atomic mass is 9.98. The Morgan fingerprint density at radius 1 is 1.14 bits per heavy atom. The first-order valence-corrected chi connectivity index (χ1v) is 7.35. The van der Waals surface area contributed by atoms with Gasteiger partial charge in [0.25, 0.3) is 0 Å². The lowest BCUT2D eigenvalue weighted by molar-refractivity contribution is 0.221. The van der Waals surface area contributed by atoms with Crippen LogP contribution in [0.3, 0.4) is 0 Å². The number of methoxy groups -OCH3 is 1. The van der Waals surface area contributed by atoms with Gasteiger partial charge in [-0.25, -0.2) is 0 Å². The molecule has 0 aliphatic heterocycles. The first kappa shape index (κ1) is 14.0. The molecular weight excluding hydrogens is 330 g/mol. The van der Waals surface area contributed by atoms with E-state index in [1.165, 1.54) is 0 Å². The molecule has 0 saturated heterocycles. The summed E-state index contributed by atoms with van der Waals surface area (Å²) in [5.41, 5.74) is 2.35. The Balaban J connectivity index is 2.13. The average molecular weight is 344 g/mol. The predicted molar refractivity (Wildman–Crippen MR) is 86.5 cm³/mol. The van der Waals surface area contributed by atoms with Crippen molar-refractivity contribution in [2.24, 2.45) is 0 Å². The molecule has 0 aliphatic rings. The van der Waals surface area contributed by atoms with Gasteiger partial charge in [0.15, 0.2) is 0 Å². The number of nitrogens with zero attached hydrogens (tertiary/aromatic N) is 1. The summed E-state index contributed by atoms with van der Waals surface area (Å²) in [6, 6.07) is 15.1. The number of benzene rings is 2. The van der Waals surface area contributed by atoms with Crippen molar-refractivity contribution < 1.29 is 9.84 Å². The second-order valence-corrected chi connectivity index (χ2v) is 5.57. The number of halogens is 1. The number of aliphatic hydroxyl groups excluding tert-OH is 1. The fraction of sp³-hybridized carbons (Fsp3) is 0.118. The van der Waals surface area contributed by atoms with Crippen molar-refractivity contribution in [1.82, 2.24) is 4.98 Å². The highest BCUT2D eigenvalue weighted by atomic mass is 79.9. The predicted octanol–water partition coefficient (Wildman–Crippen LogP) is 4.09. The molecule has 1 N–H and O–H groups in total. The summed E-state index contributed by atoms with van der Waals surface area (Å²) in [6.07, 6.45) is 0.988. The molecule has 0 aliphatic carbocycles. The normalized spacial score (nSPS) is 12.3. The SMILES string of the molecule is COc1cccc(C(O)c2ccc(Br)c3cccnc23)c1. The molecule has 106 valence electrons. The van der Waals surface area contributed by atoms with Gasteiger partial charge in [0.05, 0.1) is 12.6 Å². The van der Waals surface area contributed by atoms with Gasteiger partial charge in [-0.15, -0.1) is 0 Å². The minimum absolute atomic E-state index is 0.723. The number of ether oxygens (including phenoxy) is 1. The summed E-state index contributed by atoms with van der Waals surface area (Å²) in [5, 5.41) is 11.7. The third-order valence-electron chi connectivity index (χ3n) is 3.45. The summed E-state index contributed by atoms with van der Waals surface area (Å²) in [4.78, 5) is 4.41. The lowest BCUT2D eigenvalue weighted by Crippen LogP contribution is -2.02. The fourth-order valence-electron chi connectivity index (χ4n) is 2.37. The fourth-order valence-corrected chi connectivity index (χ4v) is 2.82. The van der Waals surface area contributed by atoms with Gasteiger partial charge in [-0.1, -0.05) is 40.2 Å². The zero-order valence-electron chi connectivity index (χ0n) is 11.5. The molecule has 0 radical (unpaired) electrons. The highest BCUT2D eigenvalue weighted by Gasteiger charge is 2.16. The molecule has 0 fully saturated rings. The molecule has 1 atom stereocenters. The van der Waals surface area contributed by atoms with E-state index in [-0.39, 0.29) is 0 Å². The van der Waals surface area contributed by atoms with Crippen molar-refractivity contribution in [1.29, 1.82) is 0 Å². The van der Waals surface area contributed by atoms with Crippen LogP contribution in [0.2, 0.25) is 0 Å². The Morgan fingerprint density at radius 2 is 2.00 bits per heavy atom. The van der Waals surface area contributed by atoms with Crippen molar-refractivity contribution >= 4 is 26.8 Å². The maximum Gasteiger partial charge on any atom is 0.119 e. The van der Waals surface area contributed by atoms with Crippen LogP contribution >= 0.6 is 15.9 Å². The molecule has 3 rings (SSSR count). The van der Waals surface area contributed by atoms with Crippen molar-refractivity contribution in [3.05, 3.63) is 70.3 Å². The Bertz CT molecular complexity index is 789. The molecule has 1 unspecified atom stereocenters. The lowest BCUT2D eigenvalue weighted by Gasteiger charge is -2.15. The third-order valence-corrected chi connectivity index (χ3v) is 4.14. The van der Waals surface area contributed by atoms with E-state index in [1.807, 2.05) is 48.5 Å². The Hall–Kier alpha value is -1.91. The minimum Gasteiger partial charge on any atom is -0.497 e. The number of hydrogen-bond donors (Lipinski definition) is 1. The second kappa shape index (κ2) is 5.84. The zero-order chi connectivity index (χ0) is 14.8. The van der Waals surface area contributed by atoms with Crippen LogP contribution in [0.4, 0.5) is 0 Å². The first-order chi connectivity index (χ1) is 10.2. The topological polar surface area (TPSA) is 42.4 Å². The van der Waals surface area contributed by atoms with Crippen LogP contribution in [0.15, 0.2) is 59.2 Å². The number of pyridine rings is 1. The van der Waals surface area contributed by atoms with Gasteiger partial charge in [0.2, 0.25) is 0 Å². The van der Waals surface area contributed by atoms with E-state index in [0.717, 1.165) is 32.3 Å². The average Bonchev–Trinajstić information content (AvgIpc) is 2.55. The summed E-state index contributed by atoms with van der Waals surface area (Å²) in [6.45, 7) is 0. The minimum atomic E-state index is -0.745. The van der Waals surface area contributed by atoms with Crippen LogP contribution in [0, 0.1) is 0 Å². The van der Waals surface area contributed by atoms with Gasteiger partial charge < -0.3 is 9.84 Å². The molecule has 21 heavy (non-hydrogen) atoms. The highest BCUT2D eigenvalue weighted by Crippen LogP contribution is 2.32. The smallest absolute Gasteiger partial charge is 0.119 e. The van der Waals surface area contributed by atoms with Gasteiger partial charge in [-0.3, -0.25) is 4.98 Å². The molecule has 0 amide bonds. The molecule has 0 bridgehead atoms. The van der Waals surface area contributed by atoms with Crippen LogP contribution < -0.4 is 4.74 Å². The van der Waals surface area contributed by atoms with E-state index in [1.54, 1.807) is 13.3 Å². The van der Waals surface area contributed by atoms with Crippen LogP contribution in [0.1, 0.15) is 17.2 Å². The maximum atomic E-state index is 10.7. The Kier molecular flexibility index (Phi) is 3.90. The van der Waals surface area contributed by atoms with Gasteiger partial charge in [-0.05, 0) is 29.8 Å². The van der Waals surface area contributed by atoms with E-state index in [0.29, 0.717) is 0 Å². The molecule has 3 nitrogen and oxygen atoms in total. The molecule has 4 heteroatoms. The van der Waals surface area contributed by atoms with Gasteiger partial charge >= 0.3 is 0 Å². The van der Waals surface area contributed by atoms with Crippen LogP contribution in [0.5, 0.6) is 5.75 Å². The van der Waals surface area contributed by atoms with Gasteiger partial charge in [0.1, 0.15) is 11.9 Å². The van der Waals surface area contributed by atoms with Crippen LogP contribution in [-0.2, 0) is 0 Å². The van der Waals surface area contributed by atoms with Crippen molar-refractivity contribution in [2.45, 2.75) is 6.10 Å².